The van der Waals surface area contributed by atoms with E-state index in [1.54, 1.807) is 28.4 Å². The highest BCUT2D eigenvalue weighted by molar-refractivity contribution is 5.90. The molecule has 1 saturated heterocycles. The van der Waals surface area contributed by atoms with Crippen molar-refractivity contribution in [3.8, 4) is 28.4 Å². The lowest BCUT2D eigenvalue weighted by atomic mass is 9.96. The number of hydrogen-bond acceptors (Lipinski definition) is 5. The number of fused-ring (bicyclic) bond motifs is 1. The van der Waals surface area contributed by atoms with Crippen molar-refractivity contribution in [3.05, 3.63) is 54.1 Å². The Hall–Kier alpha value is -3.74. The molecule has 2 unspecified atom stereocenters. The Kier molecular flexibility index (Phi) is 7.67. The van der Waals surface area contributed by atoms with Gasteiger partial charge in [-0.3, -0.25) is 9.59 Å². The van der Waals surface area contributed by atoms with Crippen molar-refractivity contribution in [3.63, 3.8) is 0 Å². The van der Waals surface area contributed by atoms with Gasteiger partial charge in [0.1, 0.15) is 0 Å². The number of ether oxygens (including phenoxy) is 3. The Bertz CT molecular complexity index is 1250. The topological polar surface area (TPSA) is 77.1 Å². The first kappa shape index (κ1) is 25.4. The van der Waals surface area contributed by atoms with Crippen LogP contribution in [0.5, 0.6) is 17.2 Å². The van der Waals surface area contributed by atoms with Crippen molar-refractivity contribution in [2.45, 2.75) is 32.2 Å². The molecule has 2 atom stereocenters. The van der Waals surface area contributed by atoms with E-state index >= 15 is 0 Å². The fourth-order valence-corrected chi connectivity index (χ4v) is 5.27. The third-order valence-electron chi connectivity index (χ3n) is 7.13. The van der Waals surface area contributed by atoms with Gasteiger partial charge in [-0.25, -0.2) is 0 Å². The summed E-state index contributed by atoms with van der Waals surface area (Å²) in [5.41, 5.74) is 2.94. The lowest BCUT2D eigenvalue weighted by Crippen LogP contribution is -2.42. The minimum Gasteiger partial charge on any atom is -0.493 e. The summed E-state index contributed by atoms with van der Waals surface area (Å²) >= 11 is 0. The second-order valence-corrected chi connectivity index (χ2v) is 9.06. The average molecular weight is 491 g/mol. The van der Waals surface area contributed by atoms with E-state index in [1.807, 2.05) is 36.1 Å². The zero-order valence-electron chi connectivity index (χ0n) is 21.6. The summed E-state index contributed by atoms with van der Waals surface area (Å²) in [6.07, 6.45) is 1.80. The van der Waals surface area contributed by atoms with Crippen LogP contribution in [-0.4, -0.2) is 57.7 Å². The van der Waals surface area contributed by atoms with Crippen LogP contribution in [0.4, 0.5) is 0 Å². The second-order valence-electron chi connectivity index (χ2n) is 9.06. The number of hydrogen-bond donors (Lipinski definition) is 1. The molecule has 190 valence electrons. The fourth-order valence-electron chi connectivity index (χ4n) is 5.27. The molecule has 1 aliphatic heterocycles. The normalized spacial score (nSPS) is 17.2. The lowest BCUT2D eigenvalue weighted by Gasteiger charge is -2.26. The van der Waals surface area contributed by atoms with Crippen LogP contribution >= 0.6 is 0 Å². The number of nitrogens with zero attached hydrogens (tertiary/aromatic N) is 1. The summed E-state index contributed by atoms with van der Waals surface area (Å²) in [4.78, 5) is 27.3. The van der Waals surface area contributed by atoms with Crippen LogP contribution in [0.1, 0.15) is 25.3 Å². The van der Waals surface area contributed by atoms with Gasteiger partial charge in [-0.05, 0) is 58.5 Å². The molecule has 0 aliphatic carbocycles. The molecule has 2 amide bonds. The van der Waals surface area contributed by atoms with Crippen molar-refractivity contribution < 1.29 is 23.8 Å². The van der Waals surface area contributed by atoms with Gasteiger partial charge in [-0.2, -0.15) is 0 Å². The van der Waals surface area contributed by atoms with E-state index in [4.69, 9.17) is 14.2 Å². The maximum atomic E-state index is 13.1. The predicted octanol–water partition coefficient (Wildman–Crippen LogP) is 4.45. The quantitative estimate of drug-likeness (QED) is 0.505. The summed E-state index contributed by atoms with van der Waals surface area (Å²) in [6, 6.07) is 16.2. The summed E-state index contributed by atoms with van der Waals surface area (Å²) in [5, 5.41) is 4.88. The summed E-state index contributed by atoms with van der Waals surface area (Å²) in [6.45, 7) is 2.66. The minimum absolute atomic E-state index is 0.0192. The number of likely N-dealkylation sites (tertiary alicyclic amines) is 1. The zero-order chi connectivity index (χ0) is 25.8. The first-order chi connectivity index (χ1) is 17.4. The molecular formula is C29H34N2O5. The Balaban J connectivity index is 1.56. The van der Waals surface area contributed by atoms with Crippen molar-refractivity contribution in [1.29, 1.82) is 0 Å². The smallest absolute Gasteiger partial charge is 0.227 e. The van der Waals surface area contributed by atoms with Gasteiger partial charge in [0, 0.05) is 19.6 Å². The van der Waals surface area contributed by atoms with E-state index in [-0.39, 0.29) is 23.8 Å². The molecule has 7 heteroatoms. The molecule has 1 N–H and O–H groups in total. The van der Waals surface area contributed by atoms with Crippen molar-refractivity contribution >= 4 is 22.6 Å². The third kappa shape index (κ3) is 4.83. The molecule has 0 bridgehead atoms. The van der Waals surface area contributed by atoms with E-state index in [0.29, 0.717) is 36.6 Å². The van der Waals surface area contributed by atoms with Gasteiger partial charge in [0.05, 0.1) is 33.7 Å². The van der Waals surface area contributed by atoms with Gasteiger partial charge >= 0.3 is 0 Å². The zero-order valence-corrected chi connectivity index (χ0v) is 21.6. The lowest BCUT2D eigenvalue weighted by molar-refractivity contribution is -0.132. The minimum atomic E-state index is -0.130. The van der Waals surface area contributed by atoms with Crippen LogP contribution < -0.4 is 19.5 Å². The SMILES string of the molecule is CCC1C(C(=O)NC)CCN1C(=O)Cc1ccc2cc(-c3cc(OC)c(OC)c(OC)c3)ccc2c1. The highest BCUT2D eigenvalue weighted by Gasteiger charge is 2.39. The molecular weight excluding hydrogens is 456 g/mol. The molecule has 1 heterocycles. The van der Waals surface area contributed by atoms with E-state index in [2.05, 4.69) is 29.6 Å². The van der Waals surface area contributed by atoms with E-state index < -0.39 is 0 Å². The highest BCUT2D eigenvalue weighted by Crippen LogP contribution is 2.41. The predicted molar refractivity (Wildman–Crippen MR) is 141 cm³/mol. The Morgan fingerprint density at radius 1 is 0.917 bits per heavy atom. The number of benzene rings is 3. The van der Waals surface area contributed by atoms with Crippen LogP contribution in [-0.2, 0) is 16.0 Å². The molecule has 0 spiro atoms. The molecule has 1 aliphatic rings. The highest BCUT2D eigenvalue weighted by atomic mass is 16.5. The first-order valence-corrected chi connectivity index (χ1v) is 12.3. The van der Waals surface area contributed by atoms with Crippen LogP contribution in [0, 0.1) is 5.92 Å². The molecule has 0 saturated carbocycles. The average Bonchev–Trinajstić information content (AvgIpc) is 3.35. The number of carbonyl (C=O) groups excluding carboxylic acids is 2. The maximum absolute atomic E-state index is 13.1. The summed E-state index contributed by atoms with van der Waals surface area (Å²) in [5.74, 6) is 1.73. The molecule has 3 aromatic carbocycles. The number of rotatable bonds is 8. The summed E-state index contributed by atoms with van der Waals surface area (Å²) in [7, 11) is 6.45. The van der Waals surface area contributed by atoms with Gasteiger partial charge in [0.2, 0.25) is 17.6 Å². The van der Waals surface area contributed by atoms with Gasteiger partial charge in [0.25, 0.3) is 0 Å². The van der Waals surface area contributed by atoms with Crippen LogP contribution in [0.2, 0.25) is 0 Å². The molecule has 36 heavy (non-hydrogen) atoms. The molecule has 4 rings (SSSR count). The Morgan fingerprint density at radius 3 is 2.19 bits per heavy atom. The molecule has 0 aromatic heterocycles. The molecule has 3 aromatic rings. The third-order valence-corrected chi connectivity index (χ3v) is 7.13. The maximum Gasteiger partial charge on any atom is 0.227 e. The summed E-state index contributed by atoms with van der Waals surface area (Å²) < 4.78 is 16.4. The van der Waals surface area contributed by atoms with Crippen molar-refractivity contribution in [2.24, 2.45) is 5.92 Å². The van der Waals surface area contributed by atoms with Gasteiger partial charge in [-0.1, -0.05) is 37.3 Å². The monoisotopic (exact) mass is 490 g/mol. The van der Waals surface area contributed by atoms with Gasteiger partial charge < -0.3 is 24.4 Å². The Morgan fingerprint density at radius 2 is 1.58 bits per heavy atom. The number of amides is 2. The second kappa shape index (κ2) is 10.9. The largest absolute Gasteiger partial charge is 0.493 e. The first-order valence-electron chi connectivity index (χ1n) is 12.3. The number of methoxy groups -OCH3 is 3. The molecule has 7 nitrogen and oxygen atoms in total. The Labute approximate surface area is 212 Å². The van der Waals surface area contributed by atoms with E-state index in [0.717, 1.165) is 33.9 Å². The van der Waals surface area contributed by atoms with Crippen LogP contribution in [0.3, 0.4) is 0 Å². The van der Waals surface area contributed by atoms with Crippen molar-refractivity contribution in [2.75, 3.05) is 34.9 Å². The fraction of sp³-hybridized carbons (Fsp3) is 0.379. The standard InChI is InChI=1S/C29H34N2O5/c1-6-24-23(29(33)30-2)11-12-31(24)27(32)14-18-7-8-20-15-21(10-9-19(20)13-18)22-16-25(34-3)28(36-5)26(17-22)35-4/h7-10,13,15-17,23-24H,6,11-12,14H2,1-5H3,(H,30,33). The molecule has 1 fully saturated rings. The van der Waals surface area contributed by atoms with E-state index in [1.165, 1.54) is 0 Å². The van der Waals surface area contributed by atoms with Crippen molar-refractivity contribution in [1.82, 2.24) is 10.2 Å². The number of carbonyl (C=O) groups is 2. The van der Waals surface area contributed by atoms with Crippen LogP contribution in [0.25, 0.3) is 21.9 Å². The van der Waals surface area contributed by atoms with Crippen LogP contribution in [0.15, 0.2) is 48.5 Å². The van der Waals surface area contributed by atoms with Gasteiger partial charge in [0.15, 0.2) is 11.5 Å². The van der Waals surface area contributed by atoms with Gasteiger partial charge in [-0.15, -0.1) is 0 Å². The molecule has 0 radical (unpaired) electrons. The van der Waals surface area contributed by atoms with E-state index in [9.17, 15) is 9.59 Å². The number of nitrogens with one attached hydrogen (secondary N) is 1.